The smallest absolute Gasteiger partial charge is 0.251 e. The Kier molecular flexibility index (Phi) is 5.52. The van der Waals surface area contributed by atoms with Gasteiger partial charge >= 0.3 is 0 Å². The van der Waals surface area contributed by atoms with Crippen molar-refractivity contribution in [2.45, 2.75) is 25.9 Å². The van der Waals surface area contributed by atoms with Gasteiger partial charge in [0.1, 0.15) is 0 Å². The second kappa shape index (κ2) is 6.68. The third-order valence-electron chi connectivity index (χ3n) is 2.77. The molecule has 0 fully saturated rings. The van der Waals surface area contributed by atoms with Gasteiger partial charge in [-0.2, -0.15) is 0 Å². The lowest BCUT2D eigenvalue weighted by Gasteiger charge is -2.14. The third-order valence-corrected chi connectivity index (χ3v) is 4.52. The highest BCUT2D eigenvalue weighted by molar-refractivity contribution is 6.83. The monoisotopic (exact) mass is 266 g/mol. The van der Waals surface area contributed by atoms with Crippen molar-refractivity contribution < 1.29 is 9.59 Å². The molecule has 0 bridgehead atoms. The molecule has 1 aromatic carbocycles. The van der Waals surface area contributed by atoms with Crippen LogP contribution in [-0.4, -0.2) is 32.1 Å². The molecule has 1 amide bonds. The first kappa shape index (κ1) is 14.9. The summed E-state index contributed by atoms with van der Waals surface area (Å²) in [4.78, 5) is 21.7. The molecule has 4 N–H and O–H groups in total. The molecule has 0 aliphatic carbocycles. The number of hydrogen-bond acceptors (Lipinski definition) is 3. The van der Waals surface area contributed by atoms with Crippen LogP contribution in [0.3, 0.4) is 0 Å². The predicted molar refractivity (Wildman–Crippen MR) is 76.4 cm³/mol. The average Bonchev–Trinajstić information content (AvgIpc) is 2.33. The zero-order valence-electron chi connectivity index (χ0n) is 11.1. The molecule has 0 heterocycles. The van der Waals surface area contributed by atoms with E-state index in [1.807, 2.05) is 25.2 Å². The van der Waals surface area contributed by atoms with E-state index in [4.69, 9.17) is 5.73 Å². The van der Waals surface area contributed by atoms with Gasteiger partial charge in [-0.15, -0.1) is 0 Å². The van der Waals surface area contributed by atoms with Crippen molar-refractivity contribution in [3.63, 3.8) is 0 Å². The maximum absolute atomic E-state index is 11.8. The number of nitrogens with one attached hydrogen (secondary N) is 1. The molecule has 0 spiro atoms. The van der Waals surface area contributed by atoms with Gasteiger partial charge in [-0.1, -0.05) is 12.1 Å². The molecule has 0 aromatic heterocycles. The Bertz CT molecular complexity index is 385. The molecule has 5 heteroatoms. The number of rotatable bonds is 6. The van der Waals surface area contributed by atoms with E-state index in [0.29, 0.717) is 18.7 Å². The summed E-state index contributed by atoms with van der Waals surface area (Å²) in [5.41, 5.74) is 6.01. The number of hydrogen-bond donors (Lipinski definition) is 3. The summed E-state index contributed by atoms with van der Waals surface area (Å²) in [7, 11) is -2.27. The minimum atomic E-state index is -2.27. The summed E-state index contributed by atoms with van der Waals surface area (Å²) in [6, 6.07) is 7.19. The Balaban J connectivity index is 2.54. The SMILES string of the molecule is C[Si](C)(O)c1ccc(C(=O)NCCCCN)cc1. The third kappa shape index (κ3) is 4.60. The zero-order chi connectivity index (χ0) is 13.6. The predicted octanol–water partition coefficient (Wildman–Crippen LogP) is 0.560. The normalized spacial score (nSPS) is 11.3. The van der Waals surface area contributed by atoms with Gasteiger partial charge in [0.25, 0.3) is 5.91 Å². The molecule has 0 radical (unpaired) electrons. The van der Waals surface area contributed by atoms with Gasteiger partial charge in [-0.25, -0.2) is 0 Å². The minimum absolute atomic E-state index is 0.0732. The molecule has 1 rings (SSSR count). The number of carbonyl (C=O) groups excluding carboxylic acids is 1. The van der Waals surface area contributed by atoms with Crippen LogP contribution in [0.2, 0.25) is 13.1 Å². The maximum Gasteiger partial charge on any atom is 0.251 e. The molecule has 0 saturated carbocycles. The first-order valence-corrected chi connectivity index (χ1v) is 9.21. The lowest BCUT2D eigenvalue weighted by molar-refractivity contribution is 0.0953. The standard InChI is InChI=1S/C13H22N2O2Si/c1-18(2,17)12-7-5-11(6-8-12)13(16)15-10-4-3-9-14/h5-8,17H,3-4,9-10,14H2,1-2H3,(H,15,16). The van der Waals surface area contributed by atoms with Crippen LogP contribution >= 0.6 is 0 Å². The lowest BCUT2D eigenvalue weighted by atomic mass is 10.2. The van der Waals surface area contributed by atoms with Crippen LogP contribution in [0.25, 0.3) is 0 Å². The fraction of sp³-hybridized carbons (Fsp3) is 0.462. The quantitative estimate of drug-likeness (QED) is 0.520. The minimum Gasteiger partial charge on any atom is -0.428 e. The average molecular weight is 266 g/mol. The van der Waals surface area contributed by atoms with E-state index in [0.717, 1.165) is 18.0 Å². The Morgan fingerprint density at radius 1 is 1.28 bits per heavy atom. The fourth-order valence-electron chi connectivity index (χ4n) is 1.60. The van der Waals surface area contributed by atoms with Crippen LogP contribution < -0.4 is 16.2 Å². The Labute approximate surface area is 109 Å². The van der Waals surface area contributed by atoms with Crippen LogP contribution in [0.1, 0.15) is 23.2 Å². The van der Waals surface area contributed by atoms with Crippen LogP contribution in [0.15, 0.2) is 24.3 Å². The van der Waals surface area contributed by atoms with Gasteiger partial charge in [0.15, 0.2) is 0 Å². The first-order chi connectivity index (χ1) is 8.45. The van der Waals surface area contributed by atoms with Gasteiger partial charge in [0, 0.05) is 12.1 Å². The highest BCUT2D eigenvalue weighted by Crippen LogP contribution is 2.02. The summed E-state index contributed by atoms with van der Waals surface area (Å²) in [5.74, 6) is -0.0732. The molecule has 18 heavy (non-hydrogen) atoms. The largest absolute Gasteiger partial charge is 0.428 e. The fourth-order valence-corrected chi connectivity index (χ4v) is 2.59. The Morgan fingerprint density at radius 2 is 1.89 bits per heavy atom. The van der Waals surface area contributed by atoms with E-state index in [1.54, 1.807) is 12.1 Å². The van der Waals surface area contributed by atoms with Gasteiger partial charge in [0.2, 0.25) is 8.32 Å². The van der Waals surface area contributed by atoms with Gasteiger partial charge < -0.3 is 15.8 Å². The summed E-state index contributed by atoms with van der Waals surface area (Å²) in [6.45, 7) is 5.02. The van der Waals surface area contributed by atoms with Crippen molar-refractivity contribution in [1.29, 1.82) is 0 Å². The van der Waals surface area contributed by atoms with Crippen molar-refractivity contribution in [3.8, 4) is 0 Å². The first-order valence-electron chi connectivity index (χ1n) is 6.26. The van der Waals surface area contributed by atoms with Crippen LogP contribution in [0.4, 0.5) is 0 Å². The molecule has 0 aliphatic rings. The second-order valence-electron chi connectivity index (χ2n) is 4.89. The van der Waals surface area contributed by atoms with Crippen molar-refractivity contribution in [2.24, 2.45) is 5.73 Å². The van der Waals surface area contributed by atoms with E-state index in [1.165, 1.54) is 0 Å². The van der Waals surface area contributed by atoms with E-state index < -0.39 is 8.32 Å². The van der Waals surface area contributed by atoms with Crippen molar-refractivity contribution >= 4 is 19.4 Å². The van der Waals surface area contributed by atoms with Crippen LogP contribution in [0.5, 0.6) is 0 Å². The number of carbonyl (C=O) groups is 1. The second-order valence-corrected chi connectivity index (χ2v) is 8.58. The Morgan fingerprint density at radius 3 is 2.39 bits per heavy atom. The van der Waals surface area contributed by atoms with E-state index in [-0.39, 0.29) is 5.91 Å². The maximum atomic E-state index is 11.8. The van der Waals surface area contributed by atoms with Crippen molar-refractivity contribution in [3.05, 3.63) is 29.8 Å². The van der Waals surface area contributed by atoms with Crippen molar-refractivity contribution in [2.75, 3.05) is 13.1 Å². The molecule has 0 aliphatic heterocycles. The Hall–Kier alpha value is -1.17. The number of benzene rings is 1. The van der Waals surface area contributed by atoms with Gasteiger partial charge in [-0.3, -0.25) is 4.79 Å². The number of amides is 1. The lowest BCUT2D eigenvalue weighted by Crippen LogP contribution is -2.41. The van der Waals surface area contributed by atoms with E-state index in [9.17, 15) is 9.59 Å². The molecule has 1 aromatic rings. The van der Waals surface area contributed by atoms with Crippen LogP contribution in [-0.2, 0) is 0 Å². The highest BCUT2D eigenvalue weighted by Gasteiger charge is 2.19. The number of unbranched alkanes of at least 4 members (excludes halogenated alkanes) is 1. The van der Waals surface area contributed by atoms with E-state index in [2.05, 4.69) is 5.32 Å². The van der Waals surface area contributed by atoms with Crippen molar-refractivity contribution in [1.82, 2.24) is 5.32 Å². The molecule has 100 valence electrons. The van der Waals surface area contributed by atoms with Gasteiger partial charge in [0.05, 0.1) is 0 Å². The summed E-state index contributed by atoms with van der Waals surface area (Å²) in [6.07, 6.45) is 1.82. The molecule has 0 saturated heterocycles. The molecule has 0 atom stereocenters. The van der Waals surface area contributed by atoms with E-state index >= 15 is 0 Å². The zero-order valence-corrected chi connectivity index (χ0v) is 12.1. The van der Waals surface area contributed by atoms with Gasteiger partial charge in [-0.05, 0) is 49.8 Å². The summed E-state index contributed by atoms with van der Waals surface area (Å²) in [5, 5.41) is 3.78. The summed E-state index contributed by atoms with van der Waals surface area (Å²) < 4.78 is 0. The molecular formula is C13H22N2O2Si. The van der Waals surface area contributed by atoms with Crippen LogP contribution in [0, 0.1) is 0 Å². The highest BCUT2D eigenvalue weighted by atomic mass is 28.4. The summed E-state index contributed by atoms with van der Waals surface area (Å²) >= 11 is 0. The molecule has 4 nitrogen and oxygen atoms in total. The topological polar surface area (TPSA) is 75.3 Å². The molecular weight excluding hydrogens is 244 g/mol. The number of nitrogens with two attached hydrogens (primary N) is 1. The molecule has 0 unspecified atom stereocenters.